The molecule has 1 aromatic heterocycles. The molecule has 100 valence electrons. The van der Waals surface area contributed by atoms with Crippen LogP contribution in [0.2, 0.25) is 0 Å². The predicted molar refractivity (Wildman–Crippen MR) is 77.8 cm³/mol. The third-order valence-electron chi connectivity index (χ3n) is 3.06. The van der Waals surface area contributed by atoms with Gasteiger partial charge in [0.25, 0.3) is 0 Å². The molecule has 1 aromatic carbocycles. The summed E-state index contributed by atoms with van der Waals surface area (Å²) in [6.07, 6.45) is 0. The van der Waals surface area contributed by atoms with E-state index in [0.717, 1.165) is 21.5 Å². The topological polar surface area (TPSA) is 44.1 Å². The average molecular weight is 323 g/mol. The van der Waals surface area contributed by atoms with Gasteiger partial charge in [-0.2, -0.15) is 4.98 Å². The summed E-state index contributed by atoms with van der Waals surface area (Å²) in [5.41, 5.74) is 2.28. The molecule has 0 saturated carbocycles. The molecule has 0 bridgehead atoms. The molecule has 0 spiro atoms. The number of ether oxygens (including phenoxy) is 1. The van der Waals surface area contributed by atoms with Gasteiger partial charge in [0.15, 0.2) is 0 Å². The number of rotatable bonds is 3. The van der Waals surface area contributed by atoms with Crippen molar-refractivity contribution in [3.8, 4) is 5.75 Å². The van der Waals surface area contributed by atoms with E-state index in [9.17, 15) is 4.79 Å². The first kappa shape index (κ1) is 13.8. The maximum atomic E-state index is 12.0. The lowest BCUT2D eigenvalue weighted by Gasteiger charge is -2.14. The van der Waals surface area contributed by atoms with Gasteiger partial charge < -0.3 is 4.74 Å². The lowest BCUT2D eigenvalue weighted by Crippen LogP contribution is -2.27. The van der Waals surface area contributed by atoms with E-state index in [1.807, 2.05) is 38.1 Å². The summed E-state index contributed by atoms with van der Waals surface area (Å²) in [6.45, 7) is 4.15. The number of hydrogen-bond acceptors (Lipinski definition) is 3. The van der Waals surface area contributed by atoms with Crippen LogP contribution in [-0.2, 0) is 6.54 Å². The molecule has 2 rings (SSSR count). The molecule has 0 unspecified atom stereocenters. The SMILES string of the molecule is COc1ccccc1Cn1c(C)c(Br)c(C)nc1=O. The largest absolute Gasteiger partial charge is 0.496 e. The second kappa shape index (κ2) is 5.57. The lowest BCUT2D eigenvalue weighted by atomic mass is 10.2. The number of hydrogen-bond donors (Lipinski definition) is 0. The predicted octanol–water partition coefficient (Wildman–Crippen LogP) is 2.68. The van der Waals surface area contributed by atoms with E-state index in [-0.39, 0.29) is 5.69 Å². The summed E-state index contributed by atoms with van der Waals surface area (Å²) in [6, 6.07) is 7.65. The zero-order valence-electron chi connectivity index (χ0n) is 11.1. The molecule has 0 aliphatic rings. The molecule has 0 fully saturated rings. The van der Waals surface area contributed by atoms with E-state index in [2.05, 4.69) is 20.9 Å². The number of para-hydroxylation sites is 1. The van der Waals surface area contributed by atoms with Crippen LogP contribution >= 0.6 is 15.9 Å². The van der Waals surface area contributed by atoms with Gasteiger partial charge in [0, 0.05) is 11.3 Å². The van der Waals surface area contributed by atoms with Gasteiger partial charge in [-0.05, 0) is 35.8 Å². The van der Waals surface area contributed by atoms with Gasteiger partial charge in [-0.1, -0.05) is 18.2 Å². The van der Waals surface area contributed by atoms with Gasteiger partial charge >= 0.3 is 5.69 Å². The molecule has 0 N–H and O–H groups in total. The molecular formula is C14H15BrN2O2. The van der Waals surface area contributed by atoms with Crippen molar-refractivity contribution in [3.05, 3.63) is 56.2 Å². The third kappa shape index (κ3) is 2.71. The van der Waals surface area contributed by atoms with Crippen molar-refractivity contribution in [3.63, 3.8) is 0 Å². The number of aryl methyl sites for hydroxylation is 1. The molecule has 2 aromatic rings. The lowest BCUT2D eigenvalue weighted by molar-refractivity contribution is 0.407. The summed E-state index contributed by atoms with van der Waals surface area (Å²) in [5, 5.41) is 0. The Kier molecular flexibility index (Phi) is 4.04. The monoisotopic (exact) mass is 322 g/mol. The molecule has 0 aliphatic carbocycles. The fraction of sp³-hybridized carbons (Fsp3) is 0.286. The van der Waals surface area contributed by atoms with Gasteiger partial charge in [0.05, 0.1) is 23.8 Å². The van der Waals surface area contributed by atoms with Crippen LogP contribution in [0.3, 0.4) is 0 Å². The Morgan fingerprint density at radius 1 is 1.32 bits per heavy atom. The standard InChI is InChI=1S/C14H15BrN2O2/c1-9-13(15)10(2)17(14(18)16-9)8-11-6-4-5-7-12(11)19-3/h4-7H,8H2,1-3H3. The highest BCUT2D eigenvalue weighted by atomic mass is 79.9. The van der Waals surface area contributed by atoms with Crippen molar-refractivity contribution >= 4 is 15.9 Å². The molecule has 5 heteroatoms. The quantitative estimate of drug-likeness (QED) is 0.872. The summed E-state index contributed by atoms with van der Waals surface area (Å²) in [5.74, 6) is 0.769. The van der Waals surface area contributed by atoms with Gasteiger partial charge in [-0.15, -0.1) is 0 Å². The molecule has 1 heterocycles. The molecule has 0 saturated heterocycles. The van der Waals surface area contributed by atoms with Crippen LogP contribution in [0.15, 0.2) is 33.5 Å². The van der Waals surface area contributed by atoms with Gasteiger partial charge in [-0.25, -0.2) is 4.79 Å². The second-order valence-corrected chi connectivity index (χ2v) is 5.07. The van der Waals surface area contributed by atoms with Crippen LogP contribution in [0.1, 0.15) is 17.0 Å². The number of aromatic nitrogens is 2. The molecular weight excluding hydrogens is 308 g/mol. The third-order valence-corrected chi connectivity index (χ3v) is 4.20. The highest BCUT2D eigenvalue weighted by molar-refractivity contribution is 9.10. The molecule has 0 amide bonds. The van der Waals surface area contributed by atoms with Crippen molar-refractivity contribution < 1.29 is 4.74 Å². The Balaban J connectivity index is 2.50. The molecule has 0 radical (unpaired) electrons. The Bertz CT molecular complexity index is 665. The first-order valence-corrected chi connectivity index (χ1v) is 6.69. The number of methoxy groups -OCH3 is 1. The summed E-state index contributed by atoms with van der Waals surface area (Å²) < 4.78 is 7.80. The number of benzene rings is 1. The minimum atomic E-state index is -0.246. The minimum absolute atomic E-state index is 0.246. The Morgan fingerprint density at radius 3 is 2.68 bits per heavy atom. The van der Waals surface area contributed by atoms with Crippen molar-refractivity contribution in [1.29, 1.82) is 0 Å². The zero-order chi connectivity index (χ0) is 14.0. The normalized spacial score (nSPS) is 10.5. The average Bonchev–Trinajstić information content (AvgIpc) is 2.41. The van der Waals surface area contributed by atoms with E-state index in [0.29, 0.717) is 12.2 Å². The highest BCUT2D eigenvalue weighted by Gasteiger charge is 2.11. The van der Waals surface area contributed by atoms with E-state index < -0.39 is 0 Å². The zero-order valence-corrected chi connectivity index (χ0v) is 12.7. The van der Waals surface area contributed by atoms with Crippen LogP contribution in [-0.4, -0.2) is 16.7 Å². The van der Waals surface area contributed by atoms with E-state index in [4.69, 9.17) is 4.74 Å². The van der Waals surface area contributed by atoms with E-state index >= 15 is 0 Å². The summed E-state index contributed by atoms with van der Waals surface area (Å²) in [7, 11) is 1.62. The first-order valence-electron chi connectivity index (χ1n) is 5.90. The molecule has 0 aliphatic heterocycles. The van der Waals surface area contributed by atoms with Gasteiger partial charge in [0.2, 0.25) is 0 Å². The second-order valence-electron chi connectivity index (χ2n) is 4.28. The van der Waals surface area contributed by atoms with Crippen LogP contribution in [0.4, 0.5) is 0 Å². The van der Waals surface area contributed by atoms with Crippen LogP contribution in [0, 0.1) is 13.8 Å². The molecule has 19 heavy (non-hydrogen) atoms. The maximum absolute atomic E-state index is 12.0. The van der Waals surface area contributed by atoms with E-state index in [1.54, 1.807) is 11.7 Å². The number of halogens is 1. The molecule has 0 atom stereocenters. The summed E-state index contributed by atoms with van der Waals surface area (Å²) >= 11 is 3.46. The minimum Gasteiger partial charge on any atom is -0.496 e. The molecule has 4 nitrogen and oxygen atoms in total. The van der Waals surface area contributed by atoms with Crippen molar-refractivity contribution in [2.75, 3.05) is 7.11 Å². The van der Waals surface area contributed by atoms with Crippen molar-refractivity contribution in [1.82, 2.24) is 9.55 Å². The Labute approximate surface area is 120 Å². The van der Waals surface area contributed by atoms with Crippen LogP contribution < -0.4 is 10.4 Å². The van der Waals surface area contributed by atoms with Crippen molar-refractivity contribution in [2.45, 2.75) is 20.4 Å². The maximum Gasteiger partial charge on any atom is 0.348 e. The van der Waals surface area contributed by atoms with Crippen molar-refractivity contribution in [2.24, 2.45) is 0 Å². The number of nitrogens with zero attached hydrogens (tertiary/aromatic N) is 2. The van der Waals surface area contributed by atoms with Gasteiger partial charge in [-0.3, -0.25) is 4.57 Å². The Morgan fingerprint density at radius 2 is 2.00 bits per heavy atom. The smallest absolute Gasteiger partial charge is 0.348 e. The highest BCUT2D eigenvalue weighted by Crippen LogP contribution is 2.21. The summed E-state index contributed by atoms with van der Waals surface area (Å²) in [4.78, 5) is 16.0. The Hall–Kier alpha value is -1.62. The van der Waals surface area contributed by atoms with E-state index in [1.165, 1.54) is 0 Å². The fourth-order valence-corrected chi connectivity index (χ4v) is 2.27. The van der Waals surface area contributed by atoms with Crippen LogP contribution in [0.5, 0.6) is 5.75 Å². The van der Waals surface area contributed by atoms with Gasteiger partial charge in [0.1, 0.15) is 5.75 Å². The van der Waals surface area contributed by atoms with Crippen LogP contribution in [0.25, 0.3) is 0 Å². The fourth-order valence-electron chi connectivity index (χ4n) is 1.97. The first-order chi connectivity index (χ1) is 9.04.